The van der Waals surface area contributed by atoms with E-state index in [1.165, 1.54) is 0 Å². The number of amides is 1. The van der Waals surface area contributed by atoms with Gasteiger partial charge in [0.25, 0.3) is 17.6 Å². The van der Waals surface area contributed by atoms with Crippen LogP contribution in [0.2, 0.25) is 0 Å². The fourth-order valence-corrected chi connectivity index (χ4v) is 6.49. The van der Waals surface area contributed by atoms with E-state index in [1.54, 1.807) is 6.20 Å². The first-order chi connectivity index (χ1) is 16.4. The van der Waals surface area contributed by atoms with Crippen molar-refractivity contribution in [2.24, 2.45) is 17.8 Å². The molecular weight excluding hydrogens is 440 g/mol. The van der Waals surface area contributed by atoms with Crippen LogP contribution in [-0.4, -0.2) is 72.2 Å². The Morgan fingerprint density at radius 2 is 2.09 bits per heavy atom. The molecule has 0 spiro atoms. The summed E-state index contributed by atoms with van der Waals surface area (Å²) in [5, 5.41) is 40.2. The summed E-state index contributed by atoms with van der Waals surface area (Å²) < 4.78 is 5.43. The van der Waals surface area contributed by atoms with Gasteiger partial charge in [-0.25, -0.2) is 4.98 Å². The third-order valence-corrected chi connectivity index (χ3v) is 7.71. The van der Waals surface area contributed by atoms with Crippen LogP contribution >= 0.6 is 0 Å². The van der Waals surface area contributed by atoms with Crippen LogP contribution < -0.4 is 10.6 Å². The highest BCUT2D eigenvalue weighted by Crippen LogP contribution is 2.56. The summed E-state index contributed by atoms with van der Waals surface area (Å²) in [5.41, 5.74) is 1.63. The first-order valence-electron chi connectivity index (χ1n) is 11.8. The number of aromatic amines is 1. The average molecular weight is 469 g/mol. The van der Waals surface area contributed by atoms with Crippen molar-refractivity contribution in [3.8, 4) is 11.5 Å². The number of carbonyl (C=O) groups is 1. The Hall–Kier alpha value is -3.02. The topological polar surface area (TPSA) is 169 Å². The molecule has 4 saturated carbocycles. The van der Waals surface area contributed by atoms with Crippen LogP contribution in [0.3, 0.4) is 0 Å². The third-order valence-electron chi connectivity index (χ3n) is 7.71. The van der Waals surface area contributed by atoms with Crippen LogP contribution in [0.5, 0.6) is 0 Å². The largest absolute Gasteiger partial charge is 0.394 e. The minimum Gasteiger partial charge on any atom is -0.394 e. The number of aliphatic hydroxyl groups is 3. The number of hydrogen-bond acceptors (Lipinski definition) is 9. The van der Waals surface area contributed by atoms with Gasteiger partial charge in [-0.15, -0.1) is 0 Å². The van der Waals surface area contributed by atoms with Gasteiger partial charge in [0.05, 0.1) is 29.6 Å². The molecule has 1 amide bonds. The molecule has 4 bridgehead atoms. The Morgan fingerprint density at radius 3 is 2.82 bits per heavy atom. The summed E-state index contributed by atoms with van der Waals surface area (Å²) in [4.78, 5) is 24.2. The average Bonchev–Trinajstić information content (AvgIpc) is 3.48. The summed E-state index contributed by atoms with van der Waals surface area (Å²) in [6, 6.07) is 2.17. The number of carbonyl (C=O) groups excluding carboxylic acids is 1. The molecule has 3 aromatic heterocycles. The zero-order valence-electron chi connectivity index (χ0n) is 18.6. The van der Waals surface area contributed by atoms with Gasteiger partial charge < -0.3 is 35.5 Å². The predicted octanol–water partition coefficient (Wildman–Crippen LogP) is 1.05. The minimum atomic E-state index is -1.06. The molecule has 0 aliphatic heterocycles. The van der Waals surface area contributed by atoms with Crippen molar-refractivity contribution in [1.82, 2.24) is 25.4 Å². The summed E-state index contributed by atoms with van der Waals surface area (Å²) >= 11 is 0. The van der Waals surface area contributed by atoms with E-state index in [-0.39, 0.29) is 24.3 Å². The second kappa shape index (κ2) is 8.03. The van der Waals surface area contributed by atoms with Gasteiger partial charge in [-0.1, -0.05) is 5.16 Å². The Bertz CT molecular complexity index is 1210. The van der Waals surface area contributed by atoms with E-state index in [4.69, 9.17) is 9.63 Å². The van der Waals surface area contributed by atoms with Crippen molar-refractivity contribution in [3.05, 3.63) is 24.3 Å². The lowest BCUT2D eigenvalue weighted by molar-refractivity contribution is -0.129. The second-order valence-corrected chi connectivity index (χ2v) is 10.1. The third kappa shape index (κ3) is 3.64. The maximum absolute atomic E-state index is 12.3. The number of fused-ring (bicyclic) bond motifs is 1. The Kier molecular flexibility index (Phi) is 5.08. The first-order valence-corrected chi connectivity index (χ1v) is 11.8. The Balaban J connectivity index is 1.30. The Labute approximate surface area is 195 Å². The molecule has 11 nitrogen and oxygen atoms in total. The second-order valence-electron chi connectivity index (χ2n) is 10.1. The van der Waals surface area contributed by atoms with Crippen molar-refractivity contribution in [1.29, 1.82) is 0 Å². The highest BCUT2D eigenvalue weighted by atomic mass is 16.5. The smallest absolute Gasteiger partial charge is 0.292 e. The molecule has 34 heavy (non-hydrogen) atoms. The number of aromatic nitrogens is 4. The lowest BCUT2D eigenvalue weighted by Gasteiger charge is -2.58. The van der Waals surface area contributed by atoms with E-state index in [1.807, 2.05) is 12.3 Å². The number of nitrogens with zero attached hydrogens (tertiary/aromatic N) is 3. The molecule has 7 rings (SSSR count). The zero-order chi connectivity index (χ0) is 23.4. The molecule has 11 heteroatoms. The highest BCUT2D eigenvalue weighted by molar-refractivity contribution is 5.97. The van der Waals surface area contributed by atoms with Crippen molar-refractivity contribution >= 4 is 22.6 Å². The molecule has 3 aromatic rings. The van der Waals surface area contributed by atoms with Crippen LogP contribution in [0, 0.1) is 17.8 Å². The van der Waals surface area contributed by atoms with Crippen LogP contribution in [0.25, 0.3) is 22.5 Å². The van der Waals surface area contributed by atoms with Gasteiger partial charge in [-0.05, 0) is 55.9 Å². The van der Waals surface area contributed by atoms with Gasteiger partial charge in [0, 0.05) is 30.4 Å². The molecular formula is C23H28N6O5. The van der Waals surface area contributed by atoms with E-state index >= 15 is 0 Å². The monoisotopic (exact) mass is 468 g/mol. The maximum atomic E-state index is 12.3. The number of nitrogens with one attached hydrogen (secondary N) is 3. The number of pyridine rings is 1. The van der Waals surface area contributed by atoms with Crippen LogP contribution in [0.4, 0.5) is 5.69 Å². The van der Waals surface area contributed by atoms with Crippen LogP contribution in [0.1, 0.15) is 42.7 Å². The fraction of sp³-hybridized carbons (Fsp3) is 0.565. The molecule has 0 aromatic carbocycles. The van der Waals surface area contributed by atoms with Crippen LogP contribution in [-0.2, 0) is 0 Å². The summed E-state index contributed by atoms with van der Waals surface area (Å²) in [6.45, 7) is -0.586. The van der Waals surface area contributed by atoms with E-state index in [0.717, 1.165) is 48.8 Å². The van der Waals surface area contributed by atoms with Gasteiger partial charge in [0.15, 0.2) is 0 Å². The number of anilines is 1. The fourth-order valence-electron chi connectivity index (χ4n) is 6.49. The molecule has 0 radical (unpaired) electrons. The molecule has 180 valence electrons. The number of hydrogen-bond donors (Lipinski definition) is 6. The normalized spacial score (nSPS) is 30.6. The molecule has 4 aliphatic carbocycles. The SMILES string of the molecule is O=C(NC[C@@H](O)CO)c1noc(-c2cnc3[nH]ccc3c2NC2[C@@H]3CC4C[C@H]2CC(O)(C4)C3)n1. The van der Waals surface area contributed by atoms with Crippen LogP contribution in [0.15, 0.2) is 23.0 Å². The molecule has 3 unspecified atom stereocenters. The number of aliphatic hydroxyl groups excluding tert-OH is 2. The van der Waals surface area contributed by atoms with E-state index in [9.17, 15) is 15.0 Å². The molecule has 4 aliphatic rings. The maximum Gasteiger partial charge on any atom is 0.292 e. The lowest BCUT2D eigenvalue weighted by Crippen LogP contribution is -2.59. The van der Waals surface area contributed by atoms with Gasteiger partial charge in [-0.2, -0.15) is 4.98 Å². The van der Waals surface area contributed by atoms with Gasteiger partial charge in [0.2, 0.25) is 0 Å². The minimum absolute atomic E-state index is 0.124. The summed E-state index contributed by atoms with van der Waals surface area (Å²) in [5.74, 6) is 0.778. The van der Waals surface area contributed by atoms with Crippen molar-refractivity contribution in [2.75, 3.05) is 18.5 Å². The van der Waals surface area contributed by atoms with Gasteiger partial charge >= 0.3 is 0 Å². The summed E-state index contributed by atoms with van der Waals surface area (Å²) in [7, 11) is 0. The molecule has 3 heterocycles. The molecule has 6 atom stereocenters. The van der Waals surface area contributed by atoms with Gasteiger partial charge in [-0.3, -0.25) is 4.79 Å². The zero-order valence-corrected chi connectivity index (χ0v) is 18.6. The number of rotatable bonds is 7. The predicted molar refractivity (Wildman–Crippen MR) is 121 cm³/mol. The first kappa shape index (κ1) is 21.5. The van der Waals surface area contributed by atoms with Gasteiger partial charge in [0.1, 0.15) is 5.65 Å². The van der Waals surface area contributed by atoms with E-state index < -0.39 is 24.2 Å². The van der Waals surface area contributed by atoms with E-state index in [0.29, 0.717) is 23.3 Å². The Morgan fingerprint density at radius 1 is 1.29 bits per heavy atom. The molecule has 6 N–H and O–H groups in total. The molecule has 4 fully saturated rings. The number of H-pyrrole nitrogens is 1. The van der Waals surface area contributed by atoms with Crippen molar-refractivity contribution in [3.63, 3.8) is 0 Å². The highest BCUT2D eigenvalue weighted by Gasteiger charge is 2.54. The van der Waals surface area contributed by atoms with Crippen molar-refractivity contribution < 1.29 is 24.6 Å². The lowest BCUT2D eigenvalue weighted by atomic mass is 9.52. The van der Waals surface area contributed by atoms with E-state index in [2.05, 4.69) is 30.7 Å². The quantitative estimate of drug-likeness (QED) is 0.297. The van der Waals surface area contributed by atoms with Crippen molar-refractivity contribution in [2.45, 2.75) is 49.9 Å². The molecule has 0 saturated heterocycles. The standard InChI is InChI=1S/C23H28N6O5/c30-10-14(31)8-26-21(32)20-28-22(34-29-20)16-9-25-19-15(1-2-24-19)18(16)27-17-12-3-11-4-13(17)7-23(33,5-11)6-12/h1-2,9,11-14,17,30-31,33H,3-8,10H2,(H,26,32)(H2,24,25,27)/t11?,12-,13+,14-,17?,23?/m1/s1. The summed E-state index contributed by atoms with van der Waals surface area (Å²) in [6.07, 6.45) is 7.22.